The van der Waals surface area contributed by atoms with E-state index in [4.69, 9.17) is 0 Å². The largest absolute Gasteiger partial charge is 0.322 e. The second-order valence-electron chi connectivity index (χ2n) is 6.54. The topological polar surface area (TPSA) is 46.4 Å². The van der Waals surface area contributed by atoms with Crippen LogP contribution in [-0.4, -0.2) is 15.3 Å². The Bertz CT molecular complexity index is 1130. The molecule has 5 heteroatoms. The number of rotatable bonds is 3. The summed E-state index contributed by atoms with van der Waals surface area (Å²) in [5, 5.41) is 2.88. The molecule has 4 rings (SSSR count). The Labute approximate surface area is 156 Å². The number of nitrogens with zero attached hydrogens (tertiary/aromatic N) is 2. The summed E-state index contributed by atoms with van der Waals surface area (Å²) in [6, 6.07) is 16.1. The van der Waals surface area contributed by atoms with E-state index in [1.807, 2.05) is 60.1 Å². The van der Waals surface area contributed by atoms with Gasteiger partial charge in [-0.05, 0) is 55.3 Å². The number of anilines is 1. The average molecular weight is 359 g/mol. The van der Waals surface area contributed by atoms with Crippen LogP contribution in [0.3, 0.4) is 0 Å². The van der Waals surface area contributed by atoms with Crippen LogP contribution in [0.5, 0.6) is 0 Å². The summed E-state index contributed by atoms with van der Waals surface area (Å²) >= 11 is 0. The first-order valence-electron chi connectivity index (χ1n) is 8.63. The summed E-state index contributed by atoms with van der Waals surface area (Å²) in [5.41, 5.74) is 4.97. The maximum atomic E-state index is 13.8. The lowest BCUT2D eigenvalue weighted by molar-refractivity contribution is 0.102. The number of carbonyl (C=O) groups excluding carboxylic acids is 1. The Kier molecular flexibility index (Phi) is 4.20. The highest BCUT2D eigenvalue weighted by Gasteiger charge is 2.12. The highest BCUT2D eigenvalue weighted by atomic mass is 19.1. The first kappa shape index (κ1) is 17.0. The van der Waals surface area contributed by atoms with Crippen LogP contribution in [0.4, 0.5) is 10.1 Å². The van der Waals surface area contributed by atoms with Gasteiger partial charge in [-0.1, -0.05) is 24.3 Å². The van der Waals surface area contributed by atoms with Crippen molar-refractivity contribution in [3.63, 3.8) is 0 Å². The molecule has 0 aliphatic carbocycles. The molecule has 0 atom stereocenters. The van der Waals surface area contributed by atoms with Crippen molar-refractivity contribution in [3.8, 4) is 11.3 Å². The molecule has 2 aromatic heterocycles. The number of halogens is 1. The number of pyridine rings is 1. The van der Waals surface area contributed by atoms with Crippen LogP contribution in [0.25, 0.3) is 16.9 Å². The predicted molar refractivity (Wildman–Crippen MR) is 104 cm³/mol. The highest BCUT2D eigenvalue weighted by Crippen LogP contribution is 2.26. The third kappa shape index (κ3) is 3.31. The lowest BCUT2D eigenvalue weighted by Gasteiger charge is -2.10. The van der Waals surface area contributed by atoms with E-state index in [1.54, 1.807) is 19.1 Å². The van der Waals surface area contributed by atoms with Gasteiger partial charge in [0.15, 0.2) is 0 Å². The van der Waals surface area contributed by atoms with Crippen LogP contribution in [0.15, 0.2) is 67.0 Å². The minimum atomic E-state index is -0.391. The minimum Gasteiger partial charge on any atom is -0.322 e. The number of fused-ring (bicyclic) bond motifs is 1. The van der Waals surface area contributed by atoms with Crippen molar-refractivity contribution in [2.75, 3.05) is 5.32 Å². The van der Waals surface area contributed by atoms with Crippen molar-refractivity contribution in [1.82, 2.24) is 9.38 Å². The molecular formula is C22H18FN3O. The lowest BCUT2D eigenvalue weighted by Crippen LogP contribution is -2.13. The molecular weight excluding hydrogens is 341 g/mol. The molecule has 134 valence electrons. The third-order valence-corrected chi connectivity index (χ3v) is 4.58. The molecule has 0 unspecified atom stereocenters. The average Bonchev–Trinajstić information content (AvgIpc) is 3.10. The Morgan fingerprint density at radius 2 is 1.85 bits per heavy atom. The van der Waals surface area contributed by atoms with Crippen molar-refractivity contribution in [2.45, 2.75) is 13.8 Å². The van der Waals surface area contributed by atoms with Gasteiger partial charge in [-0.2, -0.15) is 0 Å². The first-order chi connectivity index (χ1) is 13.0. The van der Waals surface area contributed by atoms with E-state index in [-0.39, 0.29) is 11.5 Å². The van der Waals surface area contributed by atoms with Gasteiger partial charge >= 0.3 is 0 Å². The van der Waals surface area contributed by atoms with Gasteiger partial charge in [-0.3, -0.25) is 4.79 Å². The fourth-order valence-electron chi connectivity index (χ4n) is 2.92. The summed E-state index contributed by atoms with van der Waals surface area (Å²) in [6.07, 6.45) is 3.88. The molecule has 1 amide bonds. The number of imidazole rings is 1. The molecule has 2 heterocycles. The quantitative estimate of drug-likeness (QED) is 0.559. The van der Waals surface area contributed by atoms with Crippen LogP contribution in [0.1, 0.15) is 21.5 Å². The number of benzene rings is 2. The van der Waals surface area contributed by atoms with Gasteiger partial charge in [-0.15, -0.1) is 0 Å². The van der Waals surface area contributed by atoms with E-state index in [9.17, 15) is 9.18 Å². The van der Waals surface area contributed by atoms with E-state index < -0.39 is 5.82 Å². The van der Waals surface area contributed by atoms with Gasteiger partial charge < -0.3 is 9.72 Å². The molecule has 4 nitrogen and oxygen atoms in total. The predicted octanol–water partition coefficient (Wildman–Crippen LogP) is 5.01. The summed E-state index contributed by atoms with van der Waals surface area (Å²) in [6.45, 7) is 3.58. The Hall–Kier alpha value is -3.47. The zero-order valence-electron chi connectivity index (χ0n) is 15.0. The molecule has 0 bridgehead atoms. The smallest absolute Gasteiger partial charge is 0.255 e. The lowest BCUT2D eigenvalue weighted by atomic mass is 10.1. The molecule has 0 spiro atoms. The summed E-state index contributed by atoms with van der Waals surface area (Å²) in [5.74, 6) is -0.734. The van der Waals surface area contributed by atoms with Crippen molar-refractivity contribution < 1.29 is 9.18 Å². The Balaban J connectivity index is 1.66. The SMILES string of the molecule is Cc1ccc(C(=O)Nc2cc(-c3cn4ccccc4n3)ccc2C)cc1F. The molecule has 0 radical (unpaired) electrons. The van der Waals surface area contributed by atoms with E-state index in [2.05, 4.69) is 10.3 Å². The fourth-order valence-corrected chi connectivity index (χ4v) is 2.92. The summed E-state index contributed by atoms with van der Waals surface area (Å²) in [4.78, 5) is 17.1. The van der Waals surface area contributed by atoms with Crippen molar-refractivity contribution in [2.24, 2.45) is 0 Å². The van der Waals surface area contributed by atoms with Crippen molar-refractivity contribution >= 4 is 17.2 Å². The Morgan fingerprint density at radius 1 is 1.04 bits per heavy atom. The number of hydrogen-bond donors (Lipinski definition) is 1. The zero-order valence-corrected chi connectivity index (χ0v) is 15.0. The van der Waals surface area contributed by atoms with Crippen LogP contribution in [0.2, 0.25) is 0 Å². The minimum absolute atomic E-state index is 0.288. The maximum absolute atomic E-state index is 13.8. The molecule has 0 saturated carbocycles. The first-order valence-corrected chi connectivity index (χ1v) is 8.63. The van der Waals surface area contributed by atoms with Crippen LogP contribution < -0.4 is 5.32 Å². The van der Waals surface area contributed by atoms with Gasteiger partial charge in [0, 0.05) is 29.2 Å². The van der Waals surface area contributed by atoms with Crippen molar-refractivity contribution in [1.29, 1.82) is 0 Å². The number of amides is 1. The molecule has 2 aromatic carbocycles. The second-order valence-corrected chi connectivity index (χ2v) is 6.54. The number of aromatic nitrogens is 2. The monoisotopic (exact) mass is 359 g/mol. The molecule has 4 aromatic rings. The number of carbonyl (C=O) groups is 1. The highest BCUT2D eigenvalue weighted by molar-refractivity contribution is 6.05. The molecule has 27 heavy (non-hydrogen) atoms. The van der Waals surface area contributed by atoms with Crippen LogP contribution >= 0.6 is 0 Å². The standard InChI is InChI=1S/C22H18FN3O/c1-14-6-9-17(11-18(14)23)22(27)25-19-12-16(8-7-15(19)2)20-13-26-10-4-3-5-21(26)24-20/h3-13H,1-2H3,(H,25,27). The third-order valence-electron chi connectivity index (χ3n) is 4.58. The fraction of sp³-hybridized carbons (Fsp3) is 0.0909. The van der Waals surface area contributed by atoms with Crippen LogP contribution in [-0.2, 0) is 0 Å². The summed E-state index contributed by atoms with van der Waals surface area (Å²) < 4.78 is 15.7. The zero-order chi connectivity index (χ0) is 19.0. The van der Waals surface area contributed by atoms with Crippen molar-refractivity contribution in [3.05, 3.63) is 89.5 Å². The van der Waals surface area contributed by atoms with E-state index >= 15 is 0 Å². The van der Waals surface area contributed by atoms with E-state index in [0.717, 1.165) is 22.5 Å². The van der Waals surface area contributed by atoms with Gasteiger partial charge in [0.2, 0.25) is 0 Å². The summed E-state index contributed by atoms with van der Waals surface area (Å²) in [7, 11) is 0. The molecule has 0 aliphatic rings. The van der Waals surface area contributed by atoms with E-state index in [1.165, 1.54) is 6.07 Å². The second kappa shape index (κ2) is 6.68. The van der Waals surface area contributed by atoms with Crippen LogP contribution in [0, 0.1) is 19.7 Å². The number of aryl methyl sites for hydroxylation is 2. The number of hydrogen-bond acceptors (Lipinski definition) is 2. The normalized spacial score (nSPS) is 10.9. The van der Waals surface area contributed by atoms with Gasteiger partial charge in [-0.25, -0.2) is 9.37 Å². The molecule has 0 fully saturated rings. The Morgan fingerprint density at radius 3 is 2.63 bits per heavy atom. The maximum Gasteiger partial charge on any atom is 0.255 e. The van der Waals surface area contributed by atoms with E-state index in [0.29, 0.717) is 11.3 Å². The number of nitrogens with one attached hydrogen (secondary N) is 1. The van der Waals surface area contributed by atoms with Gasteiger partial charge in [0.05, 0.1) is 5.69 Å². The van der Waals surface area contributed by atoms with Gasteiger partial charge in [0.1, 0.15) is 11.5 Å². The molecule has 0 saturated heterocycles. The molecule has 1 N–H and O–H groups in total. The van der Waals surface area contributed by atoms with Gasteiger partial charge in [0.25, 0.3) is 5.91 Å². The molecule has 0 aliphatic heterocycles.